The minimum absolute atomic E-state index is 0.101. The van der Waals surface area contributed by atoms with Crippen molar-refractivity contribution in [3.05, 3.63) is 47.0 Å². The highest BCUT2D eigenvalue weighted by molar-refractivity contribution is 5.70. The number of aliphatic hydroxyl groups is 1. The molecule has 1 aromatic carbocycles. The summed E-state index contributed by atoms with van der Waals surface area (Å²) in [7, 11) is 0. The number of hydrogen-bond donors (Lipinski definition) is 2. The van der Waals surface area contributed by atoms with E-state index in [0.29, 0.717) is 17.0 Å². The number of aliphatic hydroxyl groups excluding tert-OH is 1. The third-order valence-corrected chi connectivity index (χ3v) is 3.78. The fourth-order valence-electron chi connectivity index (χ4n) is 2.54. The number of aromatic amines is 1. The van der Waals surface area contributed by atoms with E-state index >= 15 is 0 Å². The number of aromatic nitrogens is 4. The van der Waals surface area contributed by atoms with E-state index in [9.17, 15) is 9.90 Å². The Balaban J connectivity index is 2.21. The van der Waals surface area contributed by atoms with Gasteiger partial charge in [-0.2, -0.15) is 0 Å². The molecule has 0 saturated heterocycles. The number of nitrogens with zero attached hydrogens (tertiary/aromatic N) is 3. The molecule has 0 saturated carbocycles. The summed E-state index contributed by atoms with van der Waals surface area (Å²) in [6, 6.07) is 9.34. The molecule has 3 aromatic rings. The minimum Gasteiger partial charge on any atom is -0.394 e. The molecule has 0 spiro atoms. The summed E-state index contributed by atoms with van der Waals surface area (Å²) in [5, 5.41) is 9.62. The van der Waals surface area contributed by atoms with Gasteiger partial charge in [-0.3, -0.25) is 9.55 Å². The van der Waals surface area contributed by atoms with Crippen molar-refractivity contribution in [1.82, 2.24) is 19.5 Å². The van der Waals surface area contributed by atoms with Crippen LogP contribution < -0.4 is 5.69 Å². The Hall–Kier alpha value is -2.47. The molecule has 6 nitrogen and oxygen atoms in total. The number of H-pyrrole nitrogens is 1. The van der Waals surface area contributed by atoms with E-state index in [1.807, 2.05) is 44.2 Å². The van der Waals surface area contributed by atoms with Crippen molar-refractivity contribution in [3.63, 3.8) is 0 Å². The molecule has 114 valence electrons. The summed E-state index contributed by atoms with van der Waals surface area (Å²) in [6.45, 7) is 3.79. The smallest absolute Gasteiger partial charge is 0.329 e. The summed E-state index contributed by atoms with van der Waals surface area (Å²) >= 11 is 0. The molecule has 2 heterocycles. The van der Waals surface area contributed by atoms with Crippen molar-refractivity contribution < 1.29 is 5.11 Å². The molecule has 0 aliphatic carbocycles. The predicted molar refractivity (Wildman–Crippen MR) is 84.5 cm³/mol. The maximum absolute atomic E-state index is 12.2. The van der Waals surface area contributed by atoms with E-state index in [2.05, 4.69) is 15.0 Å². The van der Waals surface area contributed by atoms with Gasteiger partial charge in [-0.25, -0.2) is 14.8 Å². The summed E-state index contributed by atoms with van der Waals surface area (Å²) in [6.07, 6.45) is 1.64. The molecule has 6 heteroatoms. The number of imidazole rings is 1. The van der Waals surface area contributed by atoms with Crippen molar-refractivity contribution >= 4 is 11.3 Å². The quantitative estimate of drug-likeness (QED) is 0.771. The van der Waals surface area contributed by atoms with Gasteiger partial charge in [0.25, 0.3) is 0 Å². The maximum Gasteiger partial charge on any atom is 0.329 e. The van der Waals surface area contributed by atoms with Crippen LogP contribution in [0.25, 0.3) is 22.6 Å². The first-order valence-corrected chi connectivity index (χ1v) is 7.25. The SMILES string of the molecule is CC(C)C(CO)n1c(=O)[nH]c2ncc(-c3ccccc3)nc21. The van der Waals surface area contributed by atoms with E-state index in [1.165, 1.54) is 4.57 Å². The standard InChI is InChI=1S/C16H18N4O2/c1-10(2)13(9-21)20-15-14(19-16(20)22)17-8-12(18-15)11-6-4-3-5-7-11/h3-8,10,13,21H,9H2,1-2H3,(H,17,19,22). The Morgan fingerprint density at radius 2 is 2.00 bits per heavy atom. The number of nitrogens with one attached hydrogen (secondary N) is 1. The molecule has 1 unspecified atom stereocenters. The van der Waals surface area contributed by atoms with Crippen molar-refractivity contribution in [2.45, 2.75) is 19.9 Å². The lowest BCUT2D eigenvalue weighted by molar-refractivity contribution is 0.193. The van der Waals surface area contributed by atoms with Crippen LogP contribution >= 0.6 is 0 Å². The predicted octanol–water partition coefficient (Wildman–Crippen LogP) is 1.98. The second kappa shape index (κ2) is 5.73. The van der Waals surface area contributed by atoms with Crippen LogP contribution in [0, 0.1) is 5.92 Å². The van der Waals surface area contributed by atoms with Gasteiger partial charge in [0.1, 0.15) is 0 Å². The Morgan fingerprint density at radius 1 is 1.27 bits per heavy atom. The van der Waals surface area contributed by atoms with E-state index < -0.39 is 0 Å². The lowest BCUT2D eigenvalue weighted by Gasteiger charge is -2.19. The average molecular weight is 298 g/mol. The normalized spacial score (nSPS) is 12.9. The van der Waals surface area contributed by atoms with Gasteiger partial charge in [-0.15, -0.1) is 0 Å². The zero-order chi connectivity index (χ0) is 15.7. The van der Waals surface area contributed by atoms with Crippen LogP contribution in [0.3, 0.4) is 0 Å². The molecule has 1 atom stereocenters. The van der Waals surface area contributed by atoms with Gasteiger partial charge >= 0.3 is 5.69 Å². The summed E-state index contributed by atoms with van der Waals surface area (Å²) in [5.74, 6) is 0.101. The summed E-state index contributed by atoms with van der Waals surface area (Å²) in [5.41, 5.74) is 2.24. The molecule has 0 radical (unpaired) electrons. The van der Waals surface area contributed by atoms with Crippen molar-refractivity contribution in [3.8, 4) is 11.3 Å². The zero-order valence-corrected chi connectivity index (χ0v) is 12.5. The third kappa shape index (κ3) is 2.42. The molecular weight excluding hydrogens is 280 g/mol. The van der Waals surface area contributed by atoms with E-state index in [4.69, 9.17) is 0 Å². The van der Waals surface area contributed by atoms with Crippen LogP contribution in [0.4, 0.5) is 0 Å². The minimum atomic E-state index is -0.332. The molecule has 0 aliphatic heterocycles. The molecule has 0 bridgehead atoms. The molecule has 3 rings (SSSR count). The van der Waals surface area contributed by atoms with Gasteiger partial charge < -0.3 is 5.11 Å². The van der Waals surface area contributed by atoms with Crippen molar-refractivity contribution in [1.29, 1.82) is 0 Å². The lowest BCUT2D eigenvalue weighted by Crippen LogP contribution is -2.28. The van der Waals surface area contributed by atoms with Crippen LogP contribution in [0.1, 0.15) is 19.9 Å². The first-order valence-electron chi connectivity index (χ1n) is 7.25. The van der Waals surface area contributed by atoms with Crippen LogP contribution in [0.5, 0.6) is 0 Å². The Morgan fingerprint density at radius 3 is 2.64 bits per heavy atom. The highest BCUT2D eigenvalue weighted by Crippen LogP contribution is 2.22. The van der Waals surface area contributed by atoms with Gasteiger partial charge in [-0.05, 0) is 5.92 Å². The van der Waals surface area contributed by atoms with Crippen molar-refractivity contribution in [2.75, 3.05) is 6.61 Å². The lowest BCUT2D eigenvalue weighted by atomic mass is 10.1. The van der Waals surface area contributed by atoms with E-state index in [0.717, 1.165) is 5.56 Å². The number of hydrogen-bond acceptors (Lipinski definition) is 4. The molecule has 22 heavy (non-hydrogen) atoms. The third-order valence-electron chi connectivity index (χ3n) is 3.78. The molecule has 2 N–H and O–H groups in total. The van der Waals surface area contributed by atoms with Gasteiger partial charge in [0.2, 0.25) is 0 Å². The van der Waals surface area contributed by atoms with Crippen LogP contribution in [-0.4, -0.2) is 31.2 Å². The average Bonchev–Trinajstić information content (AvgIpc) is 2.84. The van der Waals surface area contributed by atoms with Crippen molar-refractivity contribution in [2.24, 2.45) is 5.92 Å². The second-order valence-corrected chi connectivity index (χ2v) is 5.59. The Bertz CT molecular complexity index is 836. The van der Waals surface area contributed by atoms with E-state index in [1.54, 1.807) is 6.20 Å². The van der Waals surface area contributed by atoms with Gasteiger partial charge in [-0.1, -0.05) is 44.2 Å². The fourth-order valence-corrected chi connectivity index (χ4v) is 2.54. The first-order chi connectivity index (χ1) is 10.6. The zero-order valence-electron chi connectivity index (χ0n) is 12.5. The largest absolute Gasteiger partial charge is 0.394 e. The van der Waals surface area contributed by atoms with Crippen LogP contribution in [0.2, 0.25) is 0 Å². The molecular formula is C16H18N4O2. The molecule has 0 aliphatic rings. The summed E-state index contributed by atoms with van der Waals surface area (Å²) in [4.78, 5) is 23.8. The Kier molecular flexibility index (Phi) is 3.77. The fraction of sp³-hybridized carbons (Fsp3) is 0.312. The van der Waals surface area contributed by atoms with E-state index in [-0.39, 0.29) is 24.3 Å². The van der Waals surface area contributed by atoms with Gasteiger partial charge in [0.15, 0.2) is 11.3 Å². The molecule has 0 amide bonds. The van der Waals surface area contributed by atoms with Gasteiger partial charge in [0, 0.05) is 5.56 Å². The number of benzene rings is 1. The summed E-state index contributed by atoms with van der Waals surface area (Å²) < 4.78 is 1.50. The highest BCUT2D eigenvalue weighted by Gasteiger charge is 2.21. The Labute approximate surface area is 127 Å². The number of fused-ring (bicyclic) bond motifs is 1. The highest BCUT2D eigenvalue weighted by atomic mass is 16.3. The molecule has 0 fully saturated rings. The van der Waals surface area contributed by atoms with Crippen LogP contribution in [0.15, 0.2) is 41.3 Å². The first kappa shape index (κ1) is 14.5. The second-order valence-electron chi connectivity index (χ2n) is 5.59. The monoisotopic (exact) mass is 298 g/mol. The molecule has 2 aromatic heterocycles. The maximum atomic E-state index is 12.2. The number of rotatable bonds is 4. The van der Waals surface area contributed by atoms with Gasteiger partial charge in [0.05, 0.1) is 24.5 Å². The topological polar surface area (TPSA) is 83.8 Å². The van der Waals surface area contributed by atoms with Crippen LogP contribution in [-0.2, 0) is 0 Å².